The lowest BCUT2D eigenvalue weighted by Gasteiger charge is -2.11. The molecule has 44 heavy (non-hydrogen) atoms. The summed E-state index contributed by atoms with van der Waals surface area (Å²) in [6.07, 6.45) is 0. The normalized spacial score (nSPS) is 11.6. The number of fused-ring (bicyclic) bond motifs is 7. The van der Waals surface area contributed by atoms with Gasteiger partial charge in [-0.05, 0) is 29.3 Å². The highest BCUT2D eigenvalue weighted by Gasteiger charge is 2.23. The summed E-state index contributed by atoms with van der Waals surface area (Å²) in [4.78, 5) is 15.4. The summed E-state index contributed by atoms with van der Waals surface area (Å²) in [6, 6.07) is 50.7. The smallest absolute Gasteiger partial charge is 0.238 e. The van der Waals surface area contributed by atoms with Crippen LogP contribution in [0.4, 0.5) is 0 Å². The quantitative estimate of drug-likeness (QED) is 0.208. The van der Waals surface area contributed by atoms with Gasteiger partial charge in [0.2, 0.25) is 5.95 Å². The number of nitrogens with zero attached hydrogens (tertiary/aromatic N) is 4. The molecule has 0 bridgehead atoms. The molecule has 4 nitrogen and oxygen atoms in total. The van der Waals surface area contributed by atoms with E-state index >= 15 is 0 Å². The van der Waals surface area contributed by atoms with Crippen molar-refractivity contribution in [2.45, 2.75) is 0 Å². The van der Waals surface area contributed by atoms with Crippen molar-refractivity contribution < 1.29 is 0 Å². The maximum atomic E-state index is 5.19. The molecule has 0 radical (unpaired) electrons. The summed E-state index contributed by atoms with van der Waals surface area (Å²) in [5.41, 5.74) is 6.44. The molecule has 3 aromatic heterocycles. The highest BCUT2D eigenvalue weighted by atomic mass is 32.1. The molecule has 0 amide bonds. The molecule has 0 aliphatic rings. The summed E-state index contributed by atoms with van der Waals surface area (Å²) in [6.45, 7) is 0. The number of rotatable bonds is 4. The van der Waals surface area contributed by atoms with E-state index in [1.165, 1.54) is 42.1 Å². The number of benzene rings is 6. The molecule has 0 aliphatic heterocycles. The van der Waals surface area contributed by atoms with Crippen LogP contribution in [0.15, 0.2) is 146 Å². The van der Waals surface area contributed by atoms with E-state index in [1.54, 1.807) is 0 Å². The van der Waals surface area contributed by atoms with E-state index in [4.69, 9.17) is 15.0 Å². The topological polar surface area (TPSA) is 43.6 Å². The molecule has 0 fully saturated rings. The molecule has 0 spiro atoms. The Morgan fingerprint density at radius 3 is 1.73 bits per heavy atom. The molecule has 206 valence electrons. The zero-order valence-corrected chi connectivity index (χ0v) is 24.4. The molecule has 0 N–H and O–H groups in total. The number of thiophene rings is 1. The lowest BCUT2D eigenvalue weighted by Crippen LogP contribution is -2.06. The van der Waals surface area contributed by atoms with Gasteiger partial charge in [-0.1, -0.05) is 127 Å². The highest BCUT2D eigenvalue weighted by Crippen LogP contribution is 2.45. The Bertz CT molecular complexity index is 2420. The van der Waals surface area contributed by atoms with Gasteiger partial charge in [0.05, 0.1) is 11.0 Å². The Labute approximate surface area is 257 Å². The Kier molecular flexibility index (Phi) is 5.64. The zero-order valence-electron chi connectivity index (χ0n) is 23.6. The van der Waals surface area contributed by atoms with Crippen molar-refractivity contribution in [1.29, 1.82) is 0 Å². The summed E-state index contributed by atoms with van der Waals surface area (Å²) in [5, 5.41) is 4.83. The van der Waals surface area contributed by atoms with Gasteiger partial charge in [0.1, 0.15) is 0 Å². The van der Waals surface area contributed by atoms with Gasteiger partial charge in [-0.2, -0.15) is 9.97 Å². The summed E-state index contributed by atoms with van der Waals surface area (Å²) >= 11 is 1.82. The zero-order chi connectivity index (χ0) is 29.0. The first-order valence-corrected chi connectivity index (χ1v) is 15.5. The van der Waals surface area contributed by atoms with E-state index in [0.29, 0.717) is 17.6 Å². The largest absolute Gasteiger partial charge is 0.277 e. The third-order valence-corrected chi connectivity index (χ3v) is 9.40. The van der Waals surface area contributed by atoms with Gasteiger partial charge in [0.25, 0.3) is 0 Å². The molecule has 0 saturated heterocycles. The van der Waals surface area contributed by atoms with Crippen molar-refractivity contribution in [3.8, 4) is 39.9 Å². The van der Waals surface area contributed by atoms with Gasteiger partial charge in [-0.25, -0.2) is 4.98 Å². The summed E-state index contributed by atoms with van der Waals surface area (Å²) < 4.78 is 4.77. The molecule has 9 aromatic rings. The molecule has 0 aliphatic carbocycles. The second-order valence-corrected chi connectivity index (χ2v) is 11.9. The fourth-order valence-electron chi connectivity index (χ4n) is 6.33. The molecule has 0 atom stereocenters. The van der Waals surface area contributed by atoms with Crippen molar-refractivity contribution in [3.05, 3.63) is 146 Å². The minimum atomic E-state index is 0.602. The fourth-order valence-corrected chi connectivity index (χ4v) is 7.43. The average molecular weight is 581 g/mol. The molecule has 0 unspecified atom stereocenters. The Balaban J connectivity index is 1.47. The highest BCUT2D eigenvalue weighted by molar-refractivity contribution is 7.26. The van der Waals surface area contributed by atoms with Crippen LogP contribution in [0.1, 0.15) is 0 Å². The average Bonchev–Trinajstić information content (AvgIpc) is 3.65. The van der Waals surface area contributed by atoms with Crippen LogP contribution in [-0.4, -0.2) is 19.5 Å². The lowest BCUT2D eigenvalue weighted by molar-refractivity contribution is 0.955. The third-order valence-electron chi connectivity index (χ3n) is 8.26. The van der Waals surface area contributed by atoms with E-state index in [9.17, 15) is 0 Å². The molecule has 5 heteroatoms. The van der Waals surface area contributed by atoms with Crippen molar-refractivity contribution in [2.24, 2.45) is 0 Å². The first-order chi connectivity index (χ1) is 21.8. The van der Waals surface area contributed by atoms with E-state index in [0.717, 1.165) is 22.2 Å². The minimum absolute atomic E-state index is 0.602. The van der Waals surface area contributed by atoms with Crippen LogP contribution in [0.2, 0.25) is 0 Å². The second-order valence-electron chi connectivity index (χ2n) is 10.8. The van der Waals surface area contributed by atoms with Crippen LogP contribution in [0, 0.1) is 0 Å². The minimum Gasteiger partial charge on any atom is -0.277 e. The molecule has 0 saturated carbocycles. The summed E-state index contributed by atoms with van der Waals surface area (Å²) in [7, 11) is 0. The van der Waals surface area contributed by atoms with Gasteiger partial charge >= 0.3 is 0 Å². The maximum absolute atomic E-state index is 5.19. The van der Waals surface area contributed by atoms with Crippen LogP contribution >= 0.6 is 11.3 Å². The van der Waals surface area contributed by atoms with Gasteiger partial charge in [-0.3, -0.25) is 4.57 Å². The number of aromatic nitrogens is 4. The Hall–Kier alpha value is -5.65. The standard InChI is InChI=1S/C39H24N4S/c1-4-13-25(14-5-1)28-20-12-21-31-34(28)30-23-24-33-35(29-19-10-11-22-32(29)44-33)36(30)43(31)39-41-37(26-15-6-2-7-16-26)40-38(42-39)27-17-8-3-9-18-27/h1-24H. The fraction of sp³-hybridized carbons (Fsp3) is 0. The van der Waals surface area contributed by atoms with Gasteiger partial charge in [-0.15, -0.1) is 11.3 Å². The van der Waals surface area contributed by atoms with Crippen LogP contribution in [0.25, 0.3) is 81.8 Å². The number of hydrogen-bond donors (Lipinski definition) is 0. The second kappa shape index (κ2) is 9.97. The molecule has 9 rings (SSSR count). The van der Waals surface area contributed by atoms with Gasteiger partial charge in [0.15, 0.2) is 11.6 Å². The monoisotopic (exact) mass is 580 g/mol. The van der Waals surface area contributed by atoms with Crippen LogP contribution in [0.5, 0.6) is 0 Å². The van der Waals surface area contributed by atoms with Crippen LogP contribution in [0.3, 0.4) is 0 Å². The molecule has 3 heterocycles. The molecule has 6 aromatic carbocycles. The predicted molar refractivity (Wildman–Crippen MR) is 183 cm³/mol. The molecular weight excluding hydrogens is 557 g/mol. The molecular formula is C39H24N4S. The summed E-state index contributed by atoms with van der Waals surface area (Å²) in [5.74, 6) is 1.89. The third kappa shape index (κ3) is 3.87. The maximum Gasteiger partial charge on any atom is 0.238 e. The lowest BCUT2D eigenvalue weighted by atomic mass is 9.99. The number of hydrogen-bond acceptors (Lipinski definition) is 4. The van der Waals surface area contributed by atoms with Gasteiger partial charge < -0.3 is 0 Å². The van der Waals surface area contributed by atoms with Crippen LogP contribution in [-0.2, 0) is 0 Å². The Morgan fingerprint density at radius 2 is 1.05 bits per heavy atom. The first kappa shape index (κ1) is 24.9. The van der Waals surface area contributed by atoms with Crippen molar-refractivity contribution in [1.82, 2.24) is 19.5 Å². The van der Waals surface area contributed by atoms with Crippen molar-refractivity contribution in [3.63, 3.8) is 0 Å². The van der Waals surface area contributed by atoms with E-state index in [2.05, 4.69) is 114 Å². The van der Waals surface area contributed by atoms with E-state index < -0.39 is 0 Å². The SMILES string of the molecule is c1ccc(-c2nc(-c3ccccc3)nc(-n3c4cccc(-c5ccccc5)c4c4ccc5sc6ccccc6c5c43)n2)cc1. The Morgan fingerprint density at radius 1 is 0.432 bits per heavy atom. The predicted octanol–water partition coefficient (Wildman–Crippen LogP) is 10.3. The van der Waals surface area contributed by atoms with Gasteiger partial charge in [0, 0.05) is 42.1 Å². The van der Waals surface area contributed by atoms with E-state index in [1.807, 2.05) is 47.7 Å². The van der Waals surface area contributed by atoms with Crippen molar-refractivity contribution >= 4 is 53.3 Å². The van der Waals surface area contributed by atoms with Crippen LogP contribution < -0.4 is 0 Å². The van der Waals surface area contributed by atoms with E-state index in [-0.39, 0.29) is 0 Å². The first-order valence-electron chi connectivity index (χ1n) is 14.6. The van der Waals surface area contributed by atoms with Crippen molar-refractivity contribution in [2.75, 3.05) is 0 Å².